The summed E-state index contributed by atoms with van der Waals surface area (Å²) in [5.74, 6) is -0.910. The van der Waals surface area contributed by atoms with E-state index in [1.165, 1.54) is 0 Å². The zero-order valence-corrected chi connectivity index (χ0v) is 26.9. The second-order valence-electron chi connectivity index (χ2n) is 14.3. The van der Waals surface area contributed by atoms with Gasteiger partial charge in [-0.1, -0.05) is 11.6 Å². The summed E-state index contributed by atoms with van der Waals surface area (Å²) < 4.78 is 87.5. The molecule has 5 aliphatic rings. The number of alkyl halides is 4. The van der Waals surface area contributed by atoms with Crippen LogP contribution in [0.5, 0.6) is 11.9 Å². The monoisotopic (exact) mass is 689 g/mol. The number of nitrogen functional groups attached to an aromatic ring is 1. The molecule has 0 unspecified atom stereocenters. The second kappa shape index (κ2) is 10.6. The van der Waals surface area contributed by atoms with Gasteiger partial charge in [0.05, 0.1) is 22.2 Å². The van der Waals surface area contributed by atoms with E-state index in [4.69, 9.17) is 31.8 Å². The number of benzene rings is 1. The lowest BCUT2D eigenvalue weighted by atomic mass is 9.66. The Morgan fingerprint density at radius 3 is 2.65 bits per heavy atom. The van der Waals surface area contributed by atoms with Crippen LogP contribution >= 0.6 is 11.6 Å². The molecule has 2 aromatic heterocycles. The van der Waals surface area contributed by atoms with E-state index in [0.717, 1.165) is 44.4 Å². The van der Waals surface area contributed by atoms with Crippen molar-refractivity contribution in [3.05, 3.63) is 28.5 Å². The zero-order valence-electron chi connectivity index (χ0n) is 26.1. The van der Waals surface area contributed by atoms with Gasteiger partial charge < -0.3 is 20.1 Å². The Hall–Kier alpha value is -3.70. The highest BCUT2D eigenvalue weighted by atomic mass is 35.5. The Morgan fingerprint density at radius 1 is 1.17 bits per heavy atom. The number of ether oxygens (including phenoxy) is 2. The summed E-state index contributed by atoms with van der Waals surface area (Å²) in [5, 5.41) is 8.72. The van der Waals surface area contributed by atoms with Crippen molar-refractivity contribution in [2.24, 2.45) is 5.92 Å². The van der Waals surface area contributed by atoms with E-state index in [2.05, 4.69) is 20.9 Å². The molecular formula is C33H33ClF5N7O2. The maximum Gasteiger partial charge on any atom is 0.418 e. The van der Waals surface area contributed by atoms with Crippen molar-refractivity contribution in [1.29, 1.82) is 5.26 Å². The van der Waals surface area contributed by atoms with Crippen molar-refractivity contribution in [1.82, 2.24) is 19.9 Å². The lowest BCUT2D eigenvalue weighted by Gasteiger charge is -2.51. The van der Waals surface area contributed by atoms with Crippen LogP contribution in [-0.2, 0) is 6.18 Å². The van der Waals surface area contributed by atoms with Crippen LogP contribution in [0, 0.1) is 23.1 Å². The first-order valence-electron chi connectivity index (χ1n) is 16.2. The molecule has 4 fully saturated rings. The summed E-state index contributed by atoms with van der Waals surface area (Å²) >= 11 is 6.07. The molecule has 0 radical (unpaired) electrons. The fourth-order valence-electron chi connectivity index (χ4n) is 8.75. The van der Waals surface area contributed by atoms with Gasteiger partial charge in [0.1, 0.15) is 40.8 Å². The topological polar surface area (TPSA) is 113 Å². The molecule has 254 valence electrons. The third-order valence-corrected chi connectivity index (χ3v) is 11.4. The smallest absolute Gasteiger partial charge is 0.418 e. The maximum atomic E-state index is 16.9. The molecule has 2 atom stereocenters. The number of halogens is 6. The summed E-state index contributed by atoms with van der Waals surface area (Å²) in [6.07, 6.45) is -0.462. The predicted octanol–water partition coefficient (Wildman–Crippen LogP) is 6.85. The van der Waals surface area contributed by atoms with Crippen molar-refractivity contribution in [3.8, 4) is 29.2 Å². The molecule has 2 aliphatic carbocycles. The fourth-order valence-corrected chi connectivity index (χ4v) is 9.08. The number of nitriles is 1. The first-order chi connectivity index (χ1) is 22.8. The van der Waals surface area contributed by atoms with Gasteiger partial charge in [-0.05, 0) is 63.1 Å². The summed E-state index contributed by atoms with van der Waals surface area (Å²) in [6, 6.07) is 3.96. The molecule has 2 spiro atoms. The highest BCUT2D eigenvalue weighted by Gasteiger charge is 2.59. The molecule has 3 aromatic rings. The van der Waals surface area contributed by atoms with Crippen LogP contribution < -0.4 is 20.1 Å². The molecule has 3 aliphatic heterocycles. The van der Waals surface area contributed by atoms with E-state index in [1.807, 2.05) is 11.9 Å². The quantitative estimate of drug-likeness (QED) is 0.227. The average molecular weight is 690 g/mol. The third kappa shape index (κ3) is 4.90. The number of nitrogens with zero attached hydrogens (tertiary/aromatic N) is 6. The van der Waals surface area contributed by atoms with Crippen molar-refractivity contribution in [2.45, 2.75) is 86.8 Å². The minimum Gasteiger partial charge on any atom is -0.470 e. The fraction of sp³-hybridized carbons (Fsp3) is 0.576. The molecule has 8 rings (SSSR count). The number of aromatic nitrogens is 3. The highest BCUT2D eigenvalue weighted by Crippen LogP contribution is 2.59. The zero-order chi connectivity index (χ0) is 33.8. The van der Waals surface area contributed by atoms with Crippen LogP contribution in [0.4, 0.5) is 33.5 Å². The van der Waals surface area contributed by atoms with Gasteiger partial charge >= 0.3 is 12.2 Å². The van der Waals surface area contributed by atoms with Gasteiger partial charge in [0, 0.05) is 49.6 Å². The van der Waals surface area contributed by atoms with Crippen LogP contribution in [0.15, 0.2) is 12.1 Å². The minimum absolute atomic E-state index is 0.0720. The number of hydrogen-bond donors (Lipinski definition) is 1. The molecule has 9 nitrogen and oxygen atoms in total. The number of nitrogens with two attached hydrogens (primary N) is 1. The number of pyridine rings is 1. The van der Waals surface area contributed by atoms with Crippen LogP contribution in [0.2, 0.25) is 5.02 Å². The van der Waals surface area contributed by atoms with E-state index < -0.39 is 51.1 Å². The number of fused-ring (bicyclic) bond motifs is 1. The first kappa shape index (κ1) is 31.6. The van der Waals surface area contributed by atoms with Crippen molar-refractivity contribution < 1.29 is 31.4 Å². The highest BCUT2D eigenvalue weighted by molar-refractivity contribution is 6.32. The standard InChI is InChI=1S/C33H33ClF5N7O2/c1-45-27-22-26(43-29(44-27)47-16-31-4-2-8-46(31)14-18(35)13-31)24(36)25(20-9-19(41)10-21(34)23(20)33(37,38)39)42-28(22)48-32(15-30(45)5-6-30)11-17(12-32)3-7-40/h9-10,17-18H,2-6,8,11-16,41H2,1H3/t17?,18-,31+,32?/m1/s1. The summed E-state index contributed by atoms with van der Waals surface area (Å²) in [7, 11) is 1.85. The molecule has 2 N–H and O–H groups in total. The average Bonchev–Trinajstić information content (AvgIpc) is 3.57. The number of anilines is 2. The van der Waals surface area contributed by atoms with E-state index in [-0.39, 0.29) is 52.4 Å². The number of hydrogen-bond acceptors (Lipinski definition) is 9. The van der Waals surface area contributed by atoms with Crippen molar-refractivity contribution in [2.75, 3.05) is 37.4 Å². The lowest BCUT2D eigenvalue weighted by Crippen LogP contribution is -2.55. The summed E-state index contributed by atoms with van der Waals surface area (Å²) in [6.45, 7) is 1.12. The second-order valence-corrected chi connectivity index (χ2v) is 14.7. The van der Waals surface area contributed by atoms with Crippen LogP contribution in [0.1, 0.15) is 63.4 Å². The van der Waals surface area contributed by atoms with Gasteiger partial charge in [-0.25, -0.2) is 13.8 Å². The molecule has 0 amide bonds. The van der Waals surface area contributed by atoms with E-state index >= 15 is 4.39 Å². The molecule has 5 heterocycles. The van der Waals surface area contributed by atoms with Gasteiger partial charge in [-0.15, -0.1) is 0 Å². The lowest BCUT2D eigenvalue weighted by molar-refractivity contribution is -0.137. The summed E-state index contributed by atoms with van der Waals surface area (Å²) in [5.41, 5.74) is 1.16. The van der Waals surface area contributed by atoms with Crippen LogP contribution in [0.25, 0.3) is 22.2 Å². The van der Waals surface area contributed by atoms with Crippen molar-refractivity contribution in [3.63, 3.8) is 0 Å². The third-order valence-electron chi connectivity index (χ3n) is 11.1. The SMILES string of the molecule is CN1c2nc(OC[C@@]34CCCN3C[C@H](F)C4)nc3c(F)c(-c4cc(N)cc(Cl)c4C(F)(F)F)nc(c23)OC2(CC(CC#N)C2)CC12CC2. The molecule has 1 aromatic carbocycles. The Bertz CT molecular complexity index is 1880. The molecule has 15 heteroatoms. The molecule has 2 saturated carbocycles. The van der Waals surface area contributed by atoms with Crippen molar-refractivity contribution >= 4 is 34.0 Å². The Labute approximate surface area is 278 Å². The first-order valence-corrected chi connectivity index (χ1v) is 16.5. The van der Waals surface area contributed by atoms with E-state index in [0.29, 0.717) is 38.6 Å². The minimum atomic E-state index is -4.97. The van der Waals surface area contributed by atoms with Gasteiger partial charge in [0.15, 0.2) is 5.82 Å². The van der Waals surface area contributed by atoms with Crippen LogP contribution in [0.3, 0.4) is 0 Å². The van der Waals surface area contributed by atoms with Gasteiger partial charge in [0.25, 0.3) is 0 Å². The van der Waals surface area contributed by atoms with E-state index in [1.54, 1.807) is 0 Å². The largest absolute Gasteiger partial charge is 0.470 e. The molecular weight excluding hydrogens is 657 g/mol. The summed E-state index contributed by atoms with van der Waals surface area (Å²) in [4.78, 5) is 17.6. The number of rotatable bonds is 5. The van der Waals surface area contributed by atoms with Gasteiger partial charge in [-0.3, -0.25) is 4.90 Å². The molecule has 48 heavy (non-hydrogen) atoms. The van der Waals surface area contributed by atoms with Gasteiger partial charge in [-0.2, -0.15) is 28.4 Å². The van der Waals surface area contributed by atoms with Gasteiger partial charge in [0.2, 0.25) is 5.88 Å². The maximum absolute atomic E-state index is 16.9. The Balaban J connectivity index is 1.32. The Morgan fingerprint density at radius 2 is 1.94 bits per heavy atom. The van der Waals surface area contributed by atoms with E-state index in [9.17, 15) is 22.8 Å². The van der Waals surface area contributed by atoms with Crippen LogP contribution in [-0.4, -0.2) is 69.4 Å². The predicted molar refractivity (Wildman–Crippen MR) is 167 cm³/mol. The Kier molecular flexibility index (Phi) is 7.00. The normalized spacial score (nSPS) is 28.9. The molecule has 2 saturated heterocycles. The molecule has 0 bridgehead atoms.